The van der Waals surface area contributed by atoms with Crippen molar-refractivity contribution in [1.82, 2.24) is 4.98 Å². The second-order valence-corrected chi connectivity index (χ2v) is 5.39. The Hall–Kier alpha value is -2.16. The maximum Gasteiger partial charge on any atom is 0.258 e. The topological polar surface area (TPSA) is 19.7 Å². The number of nitrogens with one attached hydrogen (secondary N) is 1. The number of benzene rings is 2. The molecule has 1 aromatic heterocycles. The first kappa shape index (κ1) is 12.9. The molecule has 0 atom stereocenters. The molecule has 0 saturated heterocycles. The maximum atomic E-state index is 13.0. The summed E-state index contributed by atoms with van der Waals surface area (Å²) in [5, 5.41) is 0. The van der Waals surface area contributed by atoms with Crippen LogP contribution in [0.1, 0.15) is 31.2 Å². The van der Waals surface area contributed by atoms with Crippen LogP contribution < -0.4 is 4.57 Å². The van der Waals surface area contributed by atoms with Crippen LogP contribution in [0.2, 0.25) is 0 Å². The van der Waals surface area contributed by atoms with Gasteiger partial charge in [-0.3, -0.25) is 0 Å². The van der Waals surface area contributed by atoms with Gasteiger partial charge in [0.05, 0.1) is 5.92 Å². The van der Waals surface area contributed by atoms with Crippen molar-refractivity contribution in [3.63, 3.8) is 0 Å². The van der Waals surface area contributed by atoms with E-state index in [0.717, 1.165) is 17.6 Å². The molecule has 3 rings (SSSR count). The van der Waals surface area contributed by atoms with Gasteiger partial charge >= 0.3 is 0 Å². The second kappa shape index (κ2) is 5.08. The average molecular weight is 269 g/mol. The minimum atomic E-state index is -0.193. The molecule has 2 nitrogen and oxygen atoms in total. The normalized spacial score (nSPS) is 11.4. The molecule has 3 heteroatoms. The third kappa shape index (κ3) is 2.31. The van der Waals surface area contributed by atoms with Crippen LogP contribution in [-0.4, -0.2) is 4.98 Å². The van der Waals surface area contributed by atoms with E-state index >= 15 is 0 Å². The van der Waals surface area contributed by atoms with E-state index in [1.807, 2.05) is 24.3 Å². The summed E-state index contributed by atoms with van der Waals surface area (Å²) in [6.45, 7) is 5.09. The van der Waals surface area contributed by atoms with Gasteiger partial charge in [-0.05, 0) is 29.8 Å². The lowest BCUT2D eigenvalue weighted by Gasteiger charge is -2.04. The molecule has 1 N–H and O–H groups in total. The smallest absolute Gasteiger partial charge is 0.241 e. The monoisotopic (exact) mass is 269 g/mol. The lowest BCUT2D eigenvalue weighted by molar-refractivity contribution is -0.671. The molecule has 0 aliphatic heterocycles. The zero-order valence-corrected chi connectivity index (χ0v) is 11.7. The highest BCUT2D eigenvalue weighted by atomic mass is 19.1. The van der Waals surface area contributed by atoms with Gasteiger partial charge in [0.1, 0.15) is 12.4 Å². The molecule has 0 aliphatic carbocycles. The van der Waals surface area contributed by atoms with Gasteiger partial charge in [-0.25, -0.2) is 13.9 Å². The molecule has 0 radical (unpaired) electrons. The van der Waals surface area contributed by atoms with E-state index < -0.39 is 0 Å². The molecule has 3 aromatic rings. The highest BCUT2D eigenvalue weighted by Crippen LogP contribution is 2.16. The van der Waals surface area contributed by atoms with E-state index in [9.17, 15) is 4.39 Å². The van der Waals surface area contributed by atoms with Crippen LogP contribution >= 0.6 is 0 Å². The van der Waals surface area contributed by atoms with Crippen molar-refractivity contribution >= 4 is 11.0 Å². The van der Waals surface area contributed by atoms with Crippen molar-refractivity contribution in [2.24, 2.45) is 0 Å². The Labute approximate surface area is 117 Å². The Morgan fingerprint density at radius 2 is 1.75 bits per heavy atom. The fraction of sp³-hybridized carbons (Fsp3) is 0.235. The summed E-state index contributed by atoms with van der Waals surface area (Å²) in [5.74, 6) is 1.40. The summed E-state index contributed by atoms with van der Waals surface area (Å²) in [6.07, 6.45) is 0. The van der Waals surface area contributed by atoms with Crippen LogP contribution in [0.3, 0.4) is 0 Å². The van der Waals surface area contributed by atoms with Crippen molar-refractivity contribution in [3.05, 3.63) is 65.7 Å². The fourth-order valence-corrected chi connectivity index (χ4v) is 2.55. The molecular formula is C17H18FN2+. The van der Waals surface area contributed by atoms with Crippen LogP contribution in [0, 0.1) is 5.82 Å². The molecule has 20 heavy (non-hydrogen) atoms. The number of halogens is 1. The number of aromatic nitrogens is 2. The second-order valence-electron chi connectivity index (χ2n) is 5.39. The van der Waals surface area contributed by atoms with E-state index in [4.69, 9.17) is 0 Å². The molecule has 102 valence electrons. The summed E-state index contributed by atoms with van der Waals surface area (Å²) in [6, 6.07) is 15.0. The van der Waals surface area contributed by atoms with Crippen LogP contribution in [-0.2, 0) is 6.54 Å². The molecule has 0 unspecified atom stereocenters. The summed E-state index contributed by atoms with van der Waals surface area (Å²) < 4.78 is 15.3. The molecule has 0 spiro atoms. The van der Waals surface area contributed by atoms with E-state index in [0.29, 0.717) is 5.92 Å². The number of aromatic amines is 1. The number of nitrogens with zero attached hydrogens (tertiary/aromatic N) is 1. The van der Waals surface area contributed by atoms with Crippen molar-refractivity contribution in [2.45, 2.75) is 26.3 Å². The highest BCUT2D eigenvalue weighted by molar-refractivity contribution is 5.71. The van der Waals surface area contributed by atoms with Gasteiger partial charge in [0.25, 0.3) is 5.82 Å². The van der Waals surface area contributed by atoms with Gasteiger partial charge in [-0.2, -0.15) is 0 Å². The highest BCUT2D eigenvalue weighted by Gasteiger charge is 2.20. The van der Waals surface area contributed by atoms with Crippen molar-refractivity contribution in [3.8, 4) is 0 Å². The molecule has 2 aromatic carbocycles. The molecular weight excluding hydrogens is 251 g/mol. The van der Waals surface area contributed by atoms with Gasteiger partial charge in [0.2, 0.25) is 0 Å². The fourth-order valence-electron chi connectivity index (χ4n) is 2.55. The van der Waals surface area contributed by atoms with Crippen LogP contribution in [0.4, 0.5) is 4.39 Å². The summed E-state index contributed by atoms with van der Waals surface area (Å²) >= 11 is 0. The van der Waals surface area contributed by atoms with Gasteiger partial charge in [-0.15, -0.1) is 0 Å². The number of hydrogen-bond acceptors (Lipinski definition) is 0. The number of imidazole rings is 1. The summed E-state index contributed by atoms with van der Waals surface area (Å²) in [4.78, 5) is 3.48. The quantitative estimate of drug-likeness (QED) is 0.698. The maximum absolute atomic E-state index is 13.0. The van der Waals surface area contributed by atoms with Crippen LogP contribution in [0.25, 0.3) is 11.0 Å². The minimum absolute atomic E-state index is 0.193. The van der Waals surface area contributed by atoms with Crippen molar-refractivity contribution < 1.29 is 8.96 Å². The van der Waals surface area contributed by atoms with E-state index in [-0.39, 0.29) is 5.82 Å². The predicted octanol–water partition coefficient (Wildman–Crippen LogP) is 3.77. The van der Waals surface area contributed by atoms with Crippen LogP contribution in [0.15, 0.2) is 48.5 Å². The van der Waals surface area contributed by atoms with Crippen molar-refractivity contribution in [2.75, 3.05) is 0 Å². The average Bonchev–Trinajstić information content (AvgIpc) is 2.81. The van der Waals surface area contributed by atoms with E-state index in [1.165, 1.54) is 23.5 Å². The van der Waals surface area contributed by atoms with Gasteiger partial charge in [0.15, 0.2) is 11.0 Å². The van der Waals surface area contributed by atoms with Gasteiger partial charge in [0, 0.05) is 0 Å². The summed E-state index contributed by atoms with van der Waals surface area (Å²) in [5.41, 5.74) is 3.42. The third-order valence-corrected chi connectivity index (χ3v) is 3.55. The van der Waals surface area contributed by atoms with Gasteiger partial charge < -0.3 is 0 Å². The molecule has 0 aliphatic rings. The Morgan fingerprint density at radius 1 is 1.05 bits per heavy atom. The van der Waals surface area contributed by atoms with E-state index in [1.54, 1.807) is 0 Å². The number of fused-ring (bicyclic) bond motifs is 1. The molecule has 1 heterocycles. The zero-order chi connectivity index (χ0) is 14.1. The number of hydrogen-bond donors (Lipinski definition) is 1. The number of rotatable bonds is 3. The Kier molecular flexibility index (Phi) is 3.26. The molecule has 0 bridgehead atoms. The molecule has 0 saturated carbocycles. The van der Waals surface area contributed by atoms with Crippen molar-refractivity contribution in [1.29, 1.82) is 0 Å². The Balaban J connectivity index is 2.09. The predicted molar refractivity (Wildman–Crippen MR) is 78.1 cm³/mol. The zero-order valence-electron chi connectivity index (χ0n) is 11.7. The molecule has 0 amide bonds. The molecule has 0 fully saturated rings. The minimum Gasteiger partial charge on any atom is -0.241 e. The first-order valence-corrected chi connectivity index (χ1v) is 6.90. The standard InChI is InChI=1S/C17H17FN2/c1-12(2)17-19-15-5-3-4-6-16(15)20(17)11-13-7-9-14(18)10-8-13/h3-10,12H,11H2,1-2H3/p+1. The summed E-state index contributed by atoms with van der Waals surface area (Å²) in [7, 11) is 0. The van der Waals surface area contributed by atoms with Crippen LogP contribution in [0.5, 0.6) is 0 Å². The number of H-pyrrole nitrogens is 1. The third-order valence-electron chi connectivity index (χ3n) is 3.55. The van der Waals surface area contributed by atoms with Gasteiger partial charge in [-0.1, -0.05) is 38.1 Å². The largest absolute Gasteiger partial charge is 0.258 e. The number of para-hydroxylation sites is 2. The first-order chi connectivity index (χ1) is 9.65. The SMILES string of the molecule is CC(C)c1[nH]c2ccccc2[n+]1Cc1ccc(F)cc1. The Morgan fingerprint density at radius 3 is 2.45 bits per heavy atom. The lowest BCUT2D eigenvalue weighted by Crippen LogP contribution is -2.38. The Bertz CT molecular complexity index is 726. The van der Waals surface area contributed by atoms with E-state index in [2.05, 4.69) is 35.5 Å². The lowest BCUT2D eigenvalue weighted by atomic mass is 10.2. The first-order valence-electron chi connectivity index (χ1n) is 6.90.